The highest BCUT2D eigenvalue weighted by Gasteiger charge is 2.27. The van der Waals surface area contributed by atoms with Crippen LogP contribution in [0.5, 0.6) is 11.5 Å². The summed E-state index contributed by atoms with van der Waals surface area (Å²) in [6, 6.07) is 38.5. The molecule has 0 aliphatic rings. The monoisotopic (exact) mass is 806 g/mol. The van der Waals surface area contributed by atoms with Gasteiger partial charge in [0.1, 0.15) is 22.7 Å². The van der Waals surface area contributed by atoms with Crippen molar-refractivity contribution in [2.24, 2.45) is 0 Å². The number of nitriles is 1. The zero-order valence-corrected chi connectivity index (χ0v) is 35.1. The van der Waals surface area contributed by atoms with E-state index in [2.05, 4.69) is 91.5 Å². The highest BCUT2D eigenvalue weighted by molar-refractivity contribution is 7.00. The number of hydrogen-bond acceptors (Lipinski definition) is 8. The lowest BCUT2D eigenvalue weighted by molar-refractivity contribution is -0.132. The molecule has 0 unspecified atom stereocenters. The molecular weight excluding hydrogens is 753 g/mol. The molecule has 59 heavy (non-hydrogen) atoms. The van der Waals surface area contributed by atoms with E-state index in [9.17, 15) is 15.2 Å². The molecule has 6 aromatic rings. The van der Waals surface area contributed by atoms with Crippen LogP contribution in [0.3, 0.4) is 0 Å². The lowest BCUT2D eigenvalue weighted by Crippen LogP contribution is -2.09. The Balaban J connectivity index is 1.46. The van der Waals surface area contributed by atoms with Gasteiger partial charge in [0.2, 0.25) is 0 Å². The summed E-state index contributed by atoms with van der Waals surface area (Å²) in [6.45, 7) is 5.50. The summed E-state index contributed by atoms with van der Waals surface area (Å²) < 4.78 is 23.6. The van der Waals surface area contributed by atoms with Crippen LogP contribution in [0.25, 0.3) is 39.4 Å². The topological polar surface area (TPSA) is 109 Å². The summed E-state index contributed by atoms with van der Waals surface area (Å²) >= 11 is 1.16. The number of hydrogen-bond donors (Lipinski definition) is 1. The van der Waals surface area contributed by atoms with E-state index >= 15 is 0 Å². The lowest BCUT2D eigenvalue weighted by Gasteiger charge is -2.26. The van der Waals surface area contributed by atoms with Gasteiger partial charge in [0.25, 0.3) is 0 Å². The van der Waals surface area contributed by atoms with Gasteiger partial charge in [0.15, 0.2) is 11.5 Å². The molecule has 0 aliphatic carbocycles. The van der Waals surface area contributed by atoms with Gasteiger partial charge < -0.3 is 19.5 Å². The molecule has 0 fully saturated rings. The van der Waals surface area contributed by atoms with Crippen LogP contribution in [0.2, 0.25) is 0 Å². The molecule has 0 bridgehead atoms. The number of aliphatic carboxylic acids is 1. The Morgan fingerprint density at radius 3 is 1.49 bits per heavy atom. The number of unbranched alkanes of at least 4 members (excludes halogenated alkanes) is 10. The van der Waals surface area contributed by atoms with E-state index in [0.29, 0.717) is 35.8 Å². The maximum absolute atomic E-state index is 11.6. The number of fused-ring (bicyclic) bond motifs is 1. The third-order valence-corrected chi connectivity index (χ3v) is 10.9. The maximum Gasteiger partial charge on any atom is 0.346 e. The van der Waals surface area contributed by atoms with E-state index in [1.807, 2.05) is 36.4 Å². The molecule has 0 atom stereocenters. The number of carboxylic acids is 1. The van der Waals surface area contributed by atoms with Gasteiger partial charge in [-0.3, -0.25) is 0 Å². The van der Waals surface area contributed by atoms with E-state index in [-0.39, 0.29) is 5.57 Å². The van der Waals surface area contributed by atoms with Crippen LogP contribution in [0.15, 0.2) is 115 Å². The van der Waals surface area contributed by atoms with Crippen LogP contribution >= 0.6 is 11.7 Å². The van der Waals surface area contributed by atoms with E-state index in [4.69, 9.17) is 18.2 Å². The van der Waals surface area contributed by atoms with Crippen molar-refractivity contribution in [3.05, 3.63) is 120 Å². The molecule has 1 N–H and O–H groups in total. The van der Waals surface area contributed by atoms with Gasteiger partial charge >= 0.3 is 5.97 Å². The standard InChI is InChI=1S/C50H54N4O4S/c1-3-5-7-9-11-19-33-57-48-44(38-27-25-37(26-28-38)35-40(36-51)50(55)56)46-47(53-59-52-46)45(49(48)58-34-20-12-10-8-6-4-2)39-29-31-43(32-30-39)54(41-21-15-13-16-22-41)42-23-17-14-18-24-42/h13-18,21-32,35H,3-12,19-20,33-34H2,1-2H3,(H,55,56)/b40-35-. The molecule has 0 amide bonds. The summed E-state index contributed by atoms with van der Waals surface area (Å²) in [5.41, 5.74) is 8.25. The molecule has 5 aromatic carbocycles. The number of nitrogens with zero attached hydrogens (tertiary/aromatic N) is 4. The van der Waals surface area contributed by atoms with Crippen LogP contribution in [0.1, 0.15) is 96.5 Å². The van der Waals surface area contributed by atoms with Crippen molar-refractivity contribution >= 4 is 51.9 Å². The largest absolute Gasteiger partial charge is 0.489 e. The summed E-state index contributed by atoms with van der Waals surface area (Å²) in [7, 11) is 0. The highest BCUT2D eigenvalue weighted by atomic mass is 32.1. The number of carbonyl (C=O) groups is 1. The van der Waals surface area contributed by atoms with Crippen molar-refractivity contribution in [3.63, 3.8) is 0 Å². The second-order valence-electron chi connectivity index (χ2n) is 14.8. The second-order valence-corrected chi connectivity index (χ2v) is 15.3. The average Bonchev–Trinajstić information content (AvgIpc) is 3.75. The van der Waals surface area contributed by atoms with Crippen molar-refractivity contribution in [1.82, 2.24) is 8.75 Å². The molecule has 6 rings (SSSR count). The Hall–Kier alpha value is -5.98. The number of para-hydroxylation sites is 2. The zero-order chi connectivity index (χ0) is 41.2. The van der Waals surface area contributed by atoms with Crippen LogP contribution in [0.4, 0.5) is 17.1 Å². The fraction of sp³-hybridized carbons (Fsp3) is 0.320. The third-order valence-electron chi connectivity index (χ3n) is 10.4. The Labute approximate surface area is 353 Å². The van der Waals surface area contributed by atoms with Crippen molar-refractivity contribution in [2.45, 2.75) is 90.9 Å². The van der Waals surface area contributed by atoms with Gasteiger partial charge in [-0.25, -0.2) is 4.79 Å². The number of carboxylic acid groups (broad SMARTS) is 1. The minimum atomic E-state index is -1.26. The SMILES string of the molecule is CCCCCCCCOc1c(OCCCCCCCC)c(-c2ccc(N(c3ccccc3)c3ccccc3)cc2)c2nsnc2c1-c1ccc(/C=C(/C#N)C(=O)O)cc1. The molecule has 0 radical (unpaired) electrons. The van der Waals surface area contributed by atoms with E-state index in [0.717, 1.165) is 88.7 Å². The molecule has 304 valence electrons. The van der Waals surface area contributed by atoms with Crippen molar-refractivity contribution in [2.75, 3.05) is 18.1 Å². The number of rotatable bonds is 23. The van der Waals surface area contributed by atoms with E-state index in [1.165, 1.54) is 51.0 Å². The third kappa shape index (κ3) is 11.2. The number of aromatic nitrogens is 2. The smallest absolute Gasteiger partial charge is 0.346 e. The first-order valence-corrected chi connectivity index (χ1v) is 21.8. The van der Waals surface area contributed by atoms with Crippen molar-refractivity contribution < 1.29 is 19.4 Å². The van der Waals surface area contributed by atoms with Gasteiger partial charge in [-0.1, -0.05) is 151 Å². The Kier molecular flexibility index (Phi) is 16.1. The van der Waals surface area contributed by atoms with E-state index < -0.39 is 5.97 Å². The number of ether oxygens (including phenoxy) is 2. The van der Waals surface area contributed by atoms with Crippen LogP contribution in [-0.2, 0) is 4.79 Å². The summed E-state index contributed by atoms with van der Waals surface area (Å²) in [6.07, 6.45) is 15.0. The molecule has 8 nitrogen and oxygen atoms in total. The summed E-state index contributed by atoms with van der Waals surface area (Å²) in [5.74, 6) is 0.0171. The van der Waals surface area contributed by atoms with Gasteiger partial charge in [0.05, 0.1) is 36.1 Å². The average molecular weight is 807 g/mol. The molecule has 1 heterocycles. The Bertz CT molecular complexity index is 2260. The van der Waals surface area contributed by atoms with Crippen molar-refractivity contribution in [3.8, 4) is 39.8 Å². The summed E-state index contributed by atoms with van der Waals surface area (Å²) in [4.78, 5) is 13.8. The predicted molar refractivity (Wildman–Crippen MR) is 242 cm³/mol. The molecular formula is C50H54N4O4S. The van der Waals surface area contributed by atoms with Gasteiger partial charge in [-0.05, 0) is 72.0 Å². The maximum atomic E-state index is 11.6. The first kappa shape index (κ1) is 42.6. The quantitative estimate of drug-likeness (QED) is 0.0387. The molecule has 0 aliphatic heterocycles. The van der Waals surface area contributed by atoms with Gasteiger partial charge in [-0.15, -0.1) is 0 Å². The molecule has 0 saturated heterocycles. The Morgan fingerprint density at radius 2 is 1.05 bits per heavy atom. The summed E-state index contributed by atoms with van der Waals surface area (Å²) in [5, 5.41) is 18.8. The van der Waals surface area contributed by atoms with Gasteiger partial charge in [-0.2, -0.15) is 14.0 Å². The van der Waals surface area contributed by atoms with E-state index in [1.54, 1.807) is 6.07 Å². The van der Waals surface area contributed by atoms with Crippen LogP contribution in [-0.4, -0.2) is 33.0 Å². The van der Waals surface area contributed by atoms with Gasteiger partial charge in [0, 0.05) is 17.1 Å². The number of benzene rings is 5. The molecule has 0 spiro atoms. The fourth-order valence-corrected chi connectivity index (χ4v) is 7.88. The normalized spacial score (nSPS) is 11.4. The van der Waals surface area contributed by atoms with Crippen LogP contribution in [0, 0.1) is 11.3 Å². The second kappa shape index (κ2) is 22.2. The minimum Gasteiger partial charge on any atom is -0.489 e. The first-order valence-electron chi connectivity index (χ1n) is 21.1. The van der Waals surface area contributed by atoms with Crippen LogP contribution < -0.4 is 14.4 Å². The Morgan fingerprint density at radius 1 is 0.627 bits per heavy atom. The van der Waals surface area contributed by atoms with Crippen molar-refractivity contribution in [1.29, 1.82) is 5.26 Å². The zero-order valence-electron chi connectivity index (χ0n) is 34.2. The minimum absolute atomic E-state index is 0.330. The molecule has 0 saturated carbocycles. The fourth-order valence-electron chi connectivity index (χ4n) is 7.32. The molecule has 1 aromatic heterocycles. The molecule has 9 heteroatoms. The first-order chi connectivity index (χ1) is 29.0. The lowest BCUT2D eigenvalue weighted by atomic mass is 9.94. The number of anilines is 3. The highest BCUT2D eigenvalue weighted by Crippen LogP contribution is 2.51. The predicted octanol–water partition coefficient (Wildman–Crippen LogP) is 14.0.